The second-order valence-corrected chi connectivity index (χ2v) is 5.23. The molecule has 0 unspecified atom stereocenters. The molecule has 1 amide bonds. The Balaban J connectivity index is 2.03. The van der Waals surface area contributed by atoms with Gasteiger partial charge in [0.05, 0.1) is 37.1 Å². The van der Waals surface area contributed by atoms with Crippen LogP contribution in [0.1, 0.15) is 6.92 Å². The number of hydrogen-bond donors (Lipinski definition) is 2. The lowest BCUT2D eigenvalue weighted by Gasteiger charge is -2.13. The molecule has 0 aromatic carbocycles. The van der Waals surface area contributed by atoms with Crippen LogP contribution in [0.5, 0.6) is 5.88 Å². The molecule has 0 saturated heterocycles. The number of amides is 1. The van der Waals surface area contributed by atoms with E-state index in [1.807, 2.05) is 0 Å². The van der Waals surface area contributed by atoms with Gasteiger partial charge in [-0.15, -0.1) is 0 Å². The van der Waals surface area contributed by atoms with Crippen molar-refractivity contribution in [1.29, 1.82) is 0 Å². The standard InChI is InChI=1S/C17H15FN6O2/c1-10(25)22-15-5-14(23-16-8-19-9-17(24-16)26-2)12(7-21-15)13-4-3-11(18)6-20-13/h3-9H,1-2H3,(H2,21,22,23,24,25). The van der Waals surface area contributed by atoms with Crippen LogP contribution in [0.25, 0.3) is 11.3 Å². The molecule has 0 aliphatic rings. The Morgan fingerprint density at radius 3 is 2.65 bits per heavy atom. The quantitative estimate of drug-likeness (QED) is 0.726. The molecule has 0 fully saturated rings. The lowest BCUT2D eigenvalue weighted by Crippen LogP contribution is -2.08. The van der Waals surface area contributed by atoms with Gasteiger partial charge in [-0.25, -0.2) is 9.37 Å². The zero-order valence-corrected chi connectivity index (χ0v) is 14.0. The van der Waals surface area contributed by atoms with E-state index in [4.69, 9.17) is 4.74 Å². The molecule has 0 bridgehead atoms. The fraction of sp³-hybridized carbons (Fsp3) is 0.118. The van der Waals surface area contributed by atoms with E-state index in [0.29, 0.717) is 34.5 Å². The first-order valence-electron chi connectivity index (χ1n) is 7.58. The van der Waals surface area contributed by atoms with Crippen molar-refractivity contribution < 1.29 is 13.9 Å². The van der Waals surface area contributed by atoms with Crippen molar-refractivity contribution in [3.8, 4) is 17.1 Å². The van der Waals surface area contributed by atoms with E-state index in [9.17, 15) is 9.18 Å². The number of anilines is 3. The monoisotopic (exact) mass is 354 g/mol. The van der Waals surface area contributed by atoms with Gasteiger partial charge in [-0.2, -0.15) is 4.98 Å². The van der Waals surface area contributed by atoms with Gasteiger partial charge in [0.2, 0.25) is 11.8 Å². The Morgan fingerprint density at radius 2 is 1.96 bits per heavy atom. The molecule has 0 radical (unpaired) electrons. The summed E-state index contributed by atoms with van der Waals surface area (Å²) in [6, 6.07) is 4.47. The molecule has 0 saturated carbocycles. The molecule has 0 spiro atoms. The van der Waals surface area contributed by atoms with Gasteiger partial charge in [-0.1, -0.05) is 0 Å². The second-order valence-electron chi connectivity index (χ2n) is 5.23. The molecule has 3 heterocycles. The SMILES string of the molecule is COc1cncc(Nc2cc(NC(C)=O)ncc2-c2ccc(F)cn2)n1. The van der Waals surface area contributed by atoms with Crippen LogP contribution in [0.4, 0.5) is 21.7 Å². The van der Waals surface area contributed by atoms with Crippen molar-refractivity contribution >= 4 is 23.2 Å². The number of aromatic nitrogens is 4. The highest BCUT2D eigenvalue weighted by atomic mass is 19.1. The molecule has 9 heteroatoms. The zero-order chi connectivity index (χ0) is 18.5. The molecular weight excluding hydrogens is 339 g/mol. The highest BCUT2D eigenvalue weighted by Gasteiger charge is 2.11. The molecule has 3 aromatic heterocycles. The summed E-state index contributed by atoms with van der Waals surface area (Å²) in [6.45, 7) is 1.39. The van der Waals surface area contributed by atoms with E-state index < -0.39 is 5.82 Å². The summed E-state index contributed by atoms with van der Waals surface area (Å²) in [5.74, 6) is 0.420. The Hall–Kier alpha value is -3.62. The minimum absolute atomic E-state index is 0.253. The fourth-order valence-corrected chi connectivity index (χ4v) is 2.19. The minimum atomic E-state index is -0.440. The van der Waals surface area contributed by atoms with Crippen molar-refractivity contribution in [2.75, 3.05) is 17.7 Å². The summed E-state index contributed by atoms with van der Waals surface area (Å²) >= 11 is 0. The van der Waals surface area contributed by atoms with Crippen LogP contribution < -0.4 is 15.4 Å². The van der Waals surface area contributed by atoms with Crippen molar-refractivity contribution in [2.24, 2.45) is 0 Å². The first-order chi connectivity index (χ1) is 12.5. The summed E-state index contributed by atoms with van der Waals surface area (Å²) in [7, 11) is 1.49. The average molecular weight is 354 g/mol. The maximum Gasteiger partial charge on any atom is 0.233 e. The zero-order valence-electron chi connectivity index (χ0n) is 14.0. The average Bonchev–Trinajstić information content (AvgIpc) is 2.62. The Kier molecular flexibility index (Phi) is 4.97. The van der Waals surface area contributed by atoms with E-state index in [2.05, 4.69) is 30.6 Å². The summed E-state index contributed by atoms with van der Waals surface area (Å²) < 4.78 is 18.2. The van der Waals surface area contributed by atoms with E-state index in [1.54, 1.807) is 6.07 Å². The summed E-state index contributed by atoms with van der Waals surface area (Å²) in [6.07, 6.45) is 5.64. The number of nitrogens with zero attached hydrogens (tertiary/aromatic N) is 4. The van der Waals surface area contributed by atoms with Gasteiger partial charge < -0.3 is 15.4 Å². The van der Waals surface area contributed by atoms with Crippen molar-refractivity contribution in [3.05, 3.63) is 48.8 Å². The van der Waals surface area contributed by atoms with E-state index in [-0.39, 0.29) is 5.91 Å². The maximum absolute atomic E-state index is 13.2. The van der Waals surface area contributed by atoms with Crippen LogP contribution in [0.2, 0.25) is 0 Å². The minimum Gasteiger partial charge on any atom is -0.480 e. The second kappa shape index (κ2) is 7.51. The Labute approximate surface area is 148 Å². The van der Waals surface area contributed by atoms with Gasteiger partial charge in [0, 0.05) is 24.8 Å². The van der Waals surface area contributed by atoms with Gasteiger partial charge in [0.15, 0.2) is 5.82 Å². The van der Waals surface area contributed by atoms with Crippen LogP contribution >= 0.6 is 0 Å². The molecule has 3 aromatic rings. The normalized spacial score (nSPS) is 10.3. The summed E-state index contributed by atoms with van der Waals surface area (Å²) in [5, 5.41) is 5.71. The number of hydrogen-bond acceptors (Lipinski definition) is 7. The van der Waals surface area contributed by atoms with Crippen molar-refractivity contribution in [3.63, 3.8) is 0 Å². The van der Waals surface area contributed by atoms with Crippen molar-refractivity contribution in [1.82, 2.24) is 19.9 Å². The predicted octanol–water partition coefficient (Wildman–Crippen LogP) is 2.78. The summed E-state index contributed by atoms with van der Waals surface area (Å²) in [5.41, 5.74) is 1.67. The predicted molar refractivity (Wildman–Crippen MR) is 93.6 cm³/mol. The largest absolute Gasteiger partial charge is 0.480 e. The maximum atomic E-state index is 13.2. The highest BCUT2D eigenvalue weighted by Crippen LogP contribution is 2.30. The number of methoxy groups -OCH3 is 1. The van der Waals surface area contributed by atoms with E-state index in [1.165, 1.54) is 44.8 Å². The van der Waals surface area contributed by atoms with Gasteiger partial charge in [0.25, 0.3) is 0 Å². The van der Waals surface area contributed by atoms with Crippen LogP contribution in [-0.4, -0.2) is 33.0 Å². The lowest BCUT2D eigenvalue weighted by atomic mass is 10.1. The number of rotatable bonds is 5. The first-order valence-corrected chi connectivity index (χ1v) is 7.58. The Morgan fingerprint density at radius 1 is 1.12 bits per heavy atom. The Bertz CT molecular complexity index is 933. The molecule has 2 N–H and O–H groups in total. The van der Waals surface area contributed by atoms with Crippen LogP contribution in [0.3, 0.4) is 0 Å². The number of nitrogens with one attached hydrogen (secondary N) is 2. The lowest BCUT2D eigenvalue weighted by molar-refractivity contribution is -0.114. The molecule has 3 rings (SSSR count). The fourth-order valence-electron chi connectivity index (χ4n) is 2.19. The molecule has 26 heavy (non-hydrogen) atoms. The molecule has 0 aliphatic carbocycles. The molecule has 132 valence electrons. The smallest absolute Gasteiger partial charge is 0.233 e. The molecular formula is C17H15FN6O2. The number of carbonyl (C=O) groups excluding carboxylic acids is 1. The van der Waals surface area contributed by atoms with Crippen molar-refractivity contribution in [2.45, 2.75) is 6.92 Å². The summed E-state index contributed by atoms with van der Waals surface area (Å²) in [4.78, 5) is 27.8. The number of halogens is 1. The van der Waals surface area contributed by atoms with Crippen LogP contribution in [0, 0.1) is 5.82 Å². The number of carbonyl (C=O) groups is 1. The third-order valence-corrected chi connectivity index (χ3v) is 3.30. The molecule has 8 nitrogen and oxygen atoms in total. The van der Waals surface area contributed by atoms with Gasteiger partial charge in [-0.3, -0.25) is 14.8 Å². The van der Waals surface area contributed by atoms with Crippen LogP contribution in [0.15, 0.2) is 43.0 Å². The van der Waals surface area contributed by atoms with Gasteiger partial charge in [-0.05, 0) is 12.1 Å². The first kappa shape index (κ1) is 17.2. The molecule has 0 aliphatic heterocycles. The van der Waals surface area contributed by atoms with E-state index in [0.717, 1.165) is 6.20 Å². The van der Waals surface area contributed by atoms with Crippen LogP contribution in [-0.2, 0) is 4.79 Å². The molecule has 0 atom stereocenters. The number of pyridine rings is 2. The third kappa shape index (κ3) is 4.07. The van der Waals surface area contributed by atoms with Gasteiger partial charge >= 0.3 is 0 Å². The number of ether oxygens (including phenoxy) is 1. The topological polar surface area (TPSA) is 102 Å². The highest BCUT2D eigenvalue weighted by molar-refractivity contribution is 5.89. The van der Waals surface area contributed by atoms with Gasteiger partial charge in [0.1, 0.15) is 11.6 Å². The third-order valence-electron chi connectivity index (χ3n) is 3.30. The van der Waals surface area contributed by atoms with E-state index >= 15 is 0 Å².